The van der Waals surface area contributed by atoms with E-state index in [1.54, 1.807) is 77.8 Å². The number of oxime groups is 2. The number of carbonyl (C=O) groups is 1. The minimum Gasteiger partial charge on any atom is -0.399 e. The van der Waals surface area contributed by atoms with E-state index < -0.39 is 17.9 Å². The zero-order valence-corrected chi connectivity index (χ0v) is 73.3. The van der Waals surface area contributed by atoms with Crippen molar-refractivity contribution in [2.24, 2.45) is 27.2 Å². The number of alkyl halides is 3. The summed E-state index contributed by atoms with van der Waals surface area (Å²) < 4.78 is 78.8. The van der Waals surface area contributed by atoms with Crippen LogP contribution in [0.5, 0.6) is 0 Å². The van der Waals surface area contributed by atoms with Crippen LogP contribution in [0.4, 0.5) is 31.1 Å². The highest BCUT2D eigenvalue weighted by Crippen LogP contribution is 2.55. The normalized spacial score (nSPS) is 17.2. The van der Waals surface area contributed by atoms with Crippen LogP contribution >= 0.6 is 68.0 Å². The monoisotopic (exact) mass is 1750 g/mol. The first-order valence-corrected chi connectivity index (χ1v) is 45.8. The van der Waals surface area contributed by atoms with E-state index in [9.17, 15) is 31.1 Å². The summed E-state index contributed by atoms with van der Waals surface area (Å²) in [6.07, 6.45) is 34.4. The highest BCUT2D eigenvalue weighted by Gasteiger charge is 2.44. The lowest BCUT2D eigenvalue weighted by Gasteiger charge is -2.14. The third kappa shape index (κ3) is 22.5. The van der Waals surface area contributed by atoms with Gasteiger partial charge in [-0.1, -0.05) is 24.2 Å². The molecule has 8 saturated carbocycles. The first-order chi connectivity index (χ1) is 58.6. The molecule has 8 aliphatic carbocycles. The Hall–Kier alpha value is -9.86. The molecule has 2 N–H and O–H groups in total. The summed E-state index contributed by atoms with van der Waals surface area (Å²) in [5.74, 6) is 3.47. The third-order valence-corrected chi connectivity index (χ3v) is 29.4. The Morgan fingerprint density at radius 2 is 0.694 bits per heavy atom. The summed E-state index contributed by atoms with van der Waals surface area (Å²) in [7, 11) is 4.66. The number of hydrogen-bond acceptors (Lipinski definition) is 24. The maximum atomic E-state index is 13.3. The molecule has 2 amide bonds. The van der Waals surface area contributed by atoms with Gasteiger partial charge in [0, 0.05) is 146 Å². The molecule has 8 fully saturated rings. The molecule has 0 saturated heterocycles. The standard InChI is InChI=1S/C16H17FN2S.C16H18N2S.C15H17N5OS.C14H12F4N2S.C14H14FN3OS.C14H15N3OS/c1-9(10-2-3-10)15-14(11-4-5-11)19-16(20-15)12-6-13(17)8-18-7-12;1-10(11-4-5-11)15-14(12-6-7-12)18-16(19-15)13-3-2-8-17-9-13;1-9(19-20-15(21)16-2)13-12(10-5-6-10)18-14(22-13)11-4-3-7-17-8-11;1-7(14(16,17)18)12-11(8-2-3-8)20-13(21-12)9-4-10(15)6-19-5-9;1-8(18-19-2)13-12(9-3-4-9)17-14(20-13)10-5-11(15)7-16-6-10;1-9(17-18-2)13-12(10-5-6-10)16-14(19-13)11-4-3-7-15-8-11/h6-11H,2-5H2,1H3;2-3,8-12H,4-7H2,1H3;3-4,7-8,10H,5-6H2,1-2H3,(H2,16,20,21);4-8H,2-3H2,1H3;5-7,9H,3-4H2,1-2H3;3-4,7-8,10H,5-6H2,1-2H3/b;;19-9+;;18-8+;17-9+. The zero-order valence-electron chi connectivity index (χ0n) is 68.4. The minimum absolute atomic E-state index is 0.108. The van der Waals surface area contributed by atoms with Gasteiger partial charge in [0.25, 0.3) is 0 Å². The van der Waals surface area contributed by atoms with Gasteiger partial charge in [0.2, 0.25) is 0 Å². The van der Waals surface area contributed by atoms with Gasteiger partial charge in [0.1, 0.15) is 61.7 Å². The van der Waals surface area contributed by atoms with Crippen molar-refractivity contribution in [1.82, 2.24) is 70.6 Å². The van der Waals surface area contributed by atoms with Crippen molar-refractivity contribution in [3.05, 3.63) is 210 Å². The average molecular weight is 1760 g/mol. The summed E-state index contributed by atoms with van der Waals surface area (Å²) in [5, 5.41) is 19.9. The van der Waals surface area contributed by atoms with E-state index in [4.69, 9.17) is 29.6 Å². The van der Waals surface area contributed by atoms with Crippen LogP contribution in [-0.4, -0.2) is 110 Å². The van der Waals surface area contributed by atoms with Gasteiger partial charge in [-0.05, 0) is 209 Å². The van der Waals surface area contributed by atoms with Crippen LogP contribution in [0.3, 0.4) is 0 Å². The van der Waals surface area contributed by atoms with Gasteiger partial charge in [-0.25, -0.2) is 53.3 Å². The molecule has 20 nitrogen and oxygen atoms in total. The molecule has 121 heavy (non-hydrogen) atoms. The molecule has 0 bridgehead atoms. The van der Waals surface area contributed by atoms with Gasteiger partial charge >= 0.3 is 12.2 Å². The summed E-state index contributed by atoms with van der Waals surface area (Å²) in [5.41, 5.74) is 16.6. The molecule has 3 unspecified atom stereocenters. The minimum atomic E-state index is -4.30. The van der Waals surface area contributed by atoms with E-state index in [1.807, 2.05) is 87.2 Å². The second kappa shape index (κ2) is 38.7. The van der Waals surface area contributed by atoms with E-state index in [2.05, 4.69) is 85.9 Å². The van der Waals surface area contributed by atoms with Crippen LogP contribution in [0, 0.1) is 29.3 Å². The molecule has 3 atom stereocenters. The predicted octanol–water partition coefficient (Wildman–Crippen LogP) is 24.0. The fourth-order valence-electron chi connectivity index (χ4n) is 13.8. The fourth-order valence-corrected chi connectivity index (χ4v) is 20.8. The number of hydrazone groups is 1. The van der Waals surface area contributed by atoms with Gasteiger partial charge in [-0.3, -0.25) is 29.9 Å². The van der Waals surface area contributed by atoms with Gasteiger partial charge < -0.3 is 15.0 Å². The fraction of sp³-hybridized carbons (Fsp3) is 0.416. The van der Waals surface area contributed by atoms with Crippen molar-refractivity contribution in [3.63, 3.8) is 0 Å². The van der Waals surface area contributed by atoms with Gasteiger partial charge in [-0.2, -0.15) is 18.3 Å². The van der Waals surface area contributed by atoms with Crippen molar-refractivity contribution in [2.75, 3.05) is 21.3 Å². The smallest absolute Gasteiger partial charge is 0.396 e. The highest BCUT2D eigenvalue weighted by atomic mass is 32.1. The molecule has 8 aliphatic rings. The van der Waals surface area contributed by atoms with Crippen molar-refractivity contribution < 1.29 is 40.8 Å². The molecule has 12 aromatic rings. The van der Waals surface area contributed by atoms with Crippen molar-refractivity contribution >= 4 is 91.2 Å². The Kier molecular flexibility index (Phi) is 27.5. The van der Waals surface area contributed by atoms with Crippen LogP contribution < -0.4 is 10.7 Å². The number of urea groups is 1. The van der Waals surface area contributed by atoms with E-state index >= 15 is 0 Å². The average Bonchev–Trinajstić information content (AvgIpc) is 1.67. The number of nitrogens with zero attached hydrogens (tertiary/aromatic N) is 15. The summed E-state index contributed by atoms with van der Waals surface area (Å²) in [4.78, 5) is 79.8. The Bertz CT molecular complexity index is 5650. The number of pyridine rings is 6. The van der Waals surface area contributed by atoms with E-state index in [1.165, 1.54) is 160 Å². The second-order valence-corrected chi connectivity index (χ2v) is 37.8. The lowest BCUT2D eigenvalue weighted by Crippen LogP contribution is -2.29. The lowest BCUT2D eigenvalue weighted by atomic mass is 10.0. The molecule has 630 valence electrons. The Balaban J connectivity index is 0.000000113. The number of thiazole rings is 6. The maximum absolute atomic E-state index is 13.3. The molecular formula is C89H93F6N17O3S6. The van der Waals surface area contributed by atoms with Crippen LogP contribution in [0.15, 0.2) is 144 Å². The van der Waals surface area contributed by atoms with Crippen LogP contribution in [0.25, 0.3) is 63.4 Å². The summed E-state index contributed by atoms with van der Waals surface area (Å²) in [6.45, 7) is 11.6. The molecule has 0 aliphatic heterocycles. The third-order valence-electron chi connectivity index (χ3n) is 21.7. The molecule has 12 aromatic heterocycles. The lowest BCUT2D eigenvalue weighted by molar-refractivity contribution is -0.145. The predicted molar refractivity (Wildman–Crippen MR) is 469 cm³/mol. The maximum Gasteiger partial charge on any atom is 0.396 e. The Morgan fingerprint density at radius 1 is 0.405 bits per heavy atom. The SMILES string of the molecule is CC(c1sc(-c2cccnc2)nc1C1CC1)C1CC1.CC(c1sc(-c2cncc(F)c2)nc1C1CC1)C(F)(F)F.CC(c1sc(-c2cncc(F)c2)nc1C1CC1)C1CC1.CNC(=O)N/N=C(\C)c1sc(-c2cccnc2)nc1C1CC1.CO/N=C(\C)c1sc(-c2cccnc2)nc1C1CC1.CO/N=C(\C)c1sc(-c2cncc(F)c2)nc1C1CC1. The molecular weight excluding hydrogens is 1660 g/mol. The zero-order chi connectivity index (χ0) is 84.6. The number of amides is 2. The molecule has 0 aromatic carbocycles. The number of nitrogens with one attached hydrogen (secondary N) is 2. The van der Waals surface area contributed by atoms with Crippen molar-refractivity contribution in [3.8, 4) is 63.4 Å². The highest BCUT2D eigenvalue weighted by molar-refractivity contribution is 7.18. The number of aromatic nitrogens is 12. The van der Waals surface area contributed by atoms with Gasteiger partial charge in [0.15, 0.2) is 0 Å². The second-order valence-electron chi connectivity index (χ2n) is 31.7. The molecule has 0 radical (unpaired) electrons. The van der Waals surface area contributed by atoms with Crippen LogP contribution in [-0.2, 0) is 9.68 Å². The first kappa shape index (κ1) is 86.1. The number of halogens is 6. The Labute approximate surface area is 723 Å². The van der Waals surface area contributed by atoms with E-state index in [0.29, 0.717) is 57.3 Å². The van der Waals surface area contributed by atoms with E-state index in [-0.39, 0.29) is 28.5 Å². The van der Waals surface area contributed by atoms with Crippen LogP contribution in [0.1, 0.15) is 261 Å². The summed E-state index contributed by atoms with van der Waals surface area (Å²) >= 11 is 9.41. The molecule has 20 rings (SSSR count). The molecule has 0 spiro atoms. The van der Waals surface area contributed by atoms with Gasteiger partial charge in [0.05, 0.1) is 90.4 Å². The quantitative estimate of drug-likeness (QED) is 0.0343. The van der Waals surface area contributed by atoms with Crippen molar-refractivity contribution in [1.29, 1.82) is 0 Å². The largest absolute Gasteiger partial charge is 0.399 e. The van der Waals surface area contributed by atoms with Crippen LogP contribution in [0.2, 0.25) is 0 Å². The number of hydrogen-bond donors (Lipinski definition) is 2. The van der Waals surface area contributed by atoms with E-state index in [0.717, 1.165) is 153 Å². The van der Waals surface area contributed by atoms with Gasteiger partial charge in [-0.15, -0.1) is 68.0 Å². The number of carbonyl (C=O) groups excluding carboxylic acids is 1. The number of rotatable bonds is 23. The molecule has 32 heteroatoms. The topological polar surface area (TPSA) is 251 Å². The molecule has 12 heterocycles. The first-order valence-electron chi connectivity index (χ1n) is 40.9. The summed E-state index contributed by atoms with van der Waals surface area (Å²) in [6, 6.07) is 15.9. The van der Waals surface area contributed by atoms with Crippen molar-refractivity contribution in [2.45, 2.75) is 204 Å². The Morgan fingerprint density at radius 3 is 0.992 bits per heavy atom.